The Hall–Kier alpha value is -1.89. The van der Waals surface area contributed by atoms with Crippen LogP contribution in [-0.2, 0) is 14.9 Å². The first-order valence-corrected chi connectivity index (χ1v) is 11.9. The van der Waals surface area contributed by atoms with Gasteiger partial charge < -0.3 is 19.7 Å². The summed E-state index contributed by atoms with van der Waals surface area (Å²) < 4.78 is 10.9. The van der Waals surface area contributed by atoms with Gasteiger partial charge >= 0.3 is 0 Å². The molecule has 2 aliphatic rings. The highest BCUT2D eigenvalue weighted by Crippen LogP contribution is 2.36. The van der Waals surface area contributed by atoms with Gasteiger partial charge in [0, 0.05) is 31.2 Å². The van der Waals surface area contributed by atoms with Gasteiger partial charge in [-0.1, -0.05) is 18.2 Å². The van der Waals surface area contributed by atoms with E-state index >= 15 is 0 Å². The largest absolute Gasteiger partial charge is 0.497 e. The van der Waals surface area contributed by atoms with Crippen LogP contribution >= 0.6 is 11.3 Å². The van der Waals surface area contributed by atoms with Crippen molar-refractivity contribution in [3.8, 4) is 5.75 Å². The zero-order chi connectivity index (χ0) is 20.8. The Morgan fingerprint density at radius 2 is 1.93 bits per heavy atom. The number of amides is 1. The maximum absolute atomic E-state index is 13.3. The van der Waals surface area contributed by atoms with Crippen molar-refractivity contribution >= 4 is 17.2 Å². The molecule has 0 spiro atoms. The van der Waals surface area contributed by atoms with Crippen LogP contribution in [0, 0.1) is 0 Å². The smallest absolute Gasteiger partial charge is 0.230 e. The van der Waals surface area contributed by atoms with Gasteiger partial charge in [0.15, 0.2) is 0 Å². The molecule has 1 N–H and O–H groups in total. The van der Waals surface area contributed by atoms with Gasteiger partial charge in [-0.3, -0.25) is 4.79 Å². The van der Waals surface area contributed by atoms with Crippen LogP contribution in [0.25, 0.3) is 0 Å². The predicted molar refractivity (Wildman–Crippen MR) is 120 cm³/mol. The minimum atomic E-state index is -0.503. The van der Waals surface area contributed by atoms with Crippen LogP contribution in [0.15, 0.2) is 41.8 Å². The average molecular weight is 429 g/mol. The lowest BCUT2D eigenvalue weighted by atomic mass is 9.73. The van der Waals surface area contributed by atoms with Crippen LogP contribution < -0.4 is 10.1 Å². The third kappa shape index (κ3) is 4.71. The van der Waals surface area contributed by atoms with E-state index in [4.69, 9.17) is 9.47 Å². The van der Waals surface area contributed by atoms with Crippen molar-refractivity contribution in [2.75, 3.05) is 46.5 Å². The molecule has 3 heterocycles. The van der Waals surface area contributed by atoms with Crippen molar-refractivity contribution in [1.29, 1.82) is 0 Å². The third-order valence-corrected chi connectivity index (χ3v) is 7.71. The van der Waals surface area contributed by atoms with Crippen LogP contribution in [0.3, 0.4) is 0 Å². The highest BCUT2D eigenvalue weighted by atomic mass is 32.1. The molecular weight excluding hydrogens is 396 g/mol. The average Bonchev–Trinajstić information content (AvgIpc) is 3.35. The summed E-state index contributed by atoms with van der Waals surface area (Å²) in [7, 11) is 1.66. The zero-order valence-corrected chi connectivity index (χ0v) is 18.6. The number of nitrogens with zero attached hydrogens (tertiary/aromatic N) is 1. The number of thiophene rings is 1. The maximum Gasteiger partial charge on any atom is 0.230 e. The van der Waals surface area contributed by atoms with Crippen molar-refractivity contribution in [3.63, 3.8) is 0 Å². The van der Waals surface area contributed by atoms with Crippen LogP contribution in [0.5, 0.6) is 5.75 Å². The summed E-state index contributed by atoms with van der Waals surface area (Å²) in [5, 5.41) is 5.41. The first-order chi connectivity index (χ1) is 14.7. The van der Waals surface area contributed by atoms with Gasteiger partial charge in [-0.05, 0) is 73.8 Å². The number of likely N-dealkylation sites (tertiary alicyclic amines) is 1. The fraction of sp³-hybridized carbons (Fsp3) is 0.542. The van der Waals surface area contributed by atoms with E-state index in [0.717, 1.165) is 43.8 Å². The second-order valence-electron chi connectivity index (χ2n) is 8.31. The van der Waals surface area contributed by atoms with Gasteiger partial charge in [-0.15, -0.1) is 11.3 Å². The zero-order valence-electron chi connectivity index (χ0n) is 17.8. The van der Waals surface area contributed by atoms with Crippen molar-refractivity contribution in [1.82, 2.24) is 10.2 Å². The lowest BCUT2D eigenvalue weighted by molar-refractivity contribution is -0.130. The number of carbonyl (C=O) groups excluding carboxylic acids is 1. The van der Waals surface area contributed by atoms with Crippen LogP contribution in [0.2, 0.25) is 0 Å². The fourth-order valence-corrected chi connectivity index (χ4v) is 5.64. The van der Waals surface area contributed by atoms with Gasteiger partial charge in [0.25, 0.3) is 0 Å². The molecule has 5 nitrogen and oxygen atoms in total. The lowest BCUT2D eigenvalue weighted by Gasteiger charge is -2.37. The van der Waals surface area contributed by atoms with Crippen LogP contribution in [-0.4, -0.2) is 57.3 Å². The summed E-state index contributed by atoms with van der Waals surface area (Å²) in [6.45, 7) is 5.07. The standard InChI is InChI=1S/C24H32N2O3S/c1-28-21-6-4-20(5-7-21)24(10-16-29-17-11-24)23(27)25-12-15-26-13-8-19(9-14-26)22-3-2-18-30-22/h2-7,18-19H,8-17H2,1H3,(H,25,27). The number of rotatable bonds is 7. The third-order valence-electron chi connectivity index (χ3n) is 6.67. The first kappa shape index (κ1) is 21.3. The Bertz CT molecular complexity index is 792. The lowest BCUT2D eigenvalue weighted by Crippen LogP contribution is -2.49. The van der Waals surface area contributed by atoms with Gasteiger partial charge in [-0.2, -0.15) is 0 Å². The summed E-state index contributed by atoms with van der Waals surface area (Å²) in [6, 6.07) is 12.3. The molecule has 2 saturated heterocycles. The molecule has 0 radical (unpaired) electrons. The van der Waals surface area contributed by atoms with E-state index in [1.54, 1.807) is 7.11 Å². The molecule has 2 aliphatic heterocycles. The second-order valence-corrected chi connectivity index (χ2v) is 9.29. The second kappa shape index (κ2) is 9.94. The van der Waals surface area contributed by atoms with E-state index in [1.807, 2.05) is 35.6 Å². The van der Waals surface area contributed by atoms with Crippen molar-refractivity contribution < 1.29 is 14.3 Å². The Balaban J connectivity index is 1.31. The summed E-state index contributed by atoms with van der Waals surface area (Å²) in [5.74, 6) is 1.65. The molecule has 30 heavy (non-hydrogen) atoms. The molecule has 1 aromatic heterocycles. The van der Waals surface area contributed by atoms with E-state index in [9.17, 15) is 4.79 Å². The SMILES string of the molecule is COc1ccc(C2(C(=O)NCCN3CCC(c4cccs4)CC3)CCOCC2)cc1. The summed E-state index contributed by atoms with van der Waals surface area (Å²) in [5.41, 5.74) is 0.553. The molecule has 0 atom stereocenters. The minimum absolute atomic E-state index is 0.129. The summed E-state index contributed by atoms with van der Waals surface area (Å²) >= 11 is 1.87. The number of hydrogen-bond donors (Lipinski definition) is 1. The van der Waals surface area contributed by atoms with E-state index in [1.165, 1.54) is 17.7 Å². The number of piperidine rings is 1. The molecule has 0 saturated carbocycles. The topological polar surface area (TPSA) is 50.8 Å². The number of nitrogens with one attached hydrogen (secondary N) is 1. The number of hydrogen-bond acceptors (Lipinski definition) is 5. The Morgan fingerprint density at radius 1 is 1.20 bits per heavy atom. The van der Waals surface area contributed by atoms with Crippen LogP contribution in [0.4, 0.5) is 0 Å². The van der Waals surface area contributed by atoms with Gasteiger partial charge in [0.1, 0.15) is 5.75 Å². The van der Waals surface area contributed by atoms with E-state index < -0.39 is 5.41 Å². The highest BCUT2D eigenvalue weighted by molar-refractivity contribution is 7.10. The van der Waals surface area contributed by atoms with Gasteiger partial charge in [-0.25, -0.2) is 0 Å². The van der Waals surface area contributed by atoms with E-state index in [2.05, 4.69) is 27.7 Å². The molecular formula is C24H32N2O3S. The van der Waals surface area contributed by atoms with Gasteiger partial charge in [0.05, 0.1) is 12.5 Å². The monoisotopic (exact) mass is 428 g/mol. The number of benzene rings is 1. The van der Waals surface area contributed by atoms with E-state index in [0.29, 0.717) is 25.7 Å². The molecule has 1 aromatic carbocycles. The molecule has 0 aliphatic carbocycles. The van der Waals surface area contributed by atoms with Crippen molar-refractivity contribution in [2.24, 2.45) is 0 Å². The molecule has 2 fully saturated rings. The quantitative estimate of drug-likeness (QED) is 0.729. The summed E-state index contributed by atoms with van der Waals surface area (Å²) in [4.78, 5) is 17.3. The van der Waals surface area contributed by atoms with E-state index in [-0.39, 0.29) is 5.91 Å². The molecule has 1 amide bonds. The molecule has 162 valence electrons. The number of carbonyl (C=O) groups is 1. The predicted octanol–water partition coefficient (Wildman–Crippen LogP) is 3.80. The molecule has 4 rings (SSSR count). The first-order valence-electron chi connectivity index (χ1n) is 11.0. The molecule has 0 bridgehead atoms. The Morgan fingerprint density at radius 3 is 2.57 bits per heavy atom. The Labute approximate surface area is 183 Å². The summed E-state index contributed by atoms with van der Waals surface area (Å²) in [6.07, 6.45) is 3.86. The van der Waals surface area contributed by atoms with Crippen LogP contribution in [0.1, 0.15) is 42.0 Å². The fourth-order valence-electron chi connectivity index (χ4n) is 4.74. The number of ether oxygens (including phenoxy) is 2. The molecule has 6 heteroatoms. The maximum atomic E-state index is 13.3. The minimum Gasteiger partial charge on any atom is -0.497 e. The Kier molecular flexibility index (Phi) is 7.08. The number of methoxy groups -OCH3 is 1. The highest BCUT2D eigenvalue weighted by Gasteiger charge is 2.41. The normalized spacial score (nSPS) is 20.0. The van der Waals surface area contributed by atoms with Crippen molar-refractivity contribution in [2.45, 2.75) is 37.0 Å². The van der Waals surface area contributed by atoms with Gasteiger partial charge in [0.2, 0.25) is 5.91 Å². The molecule has 0 unspecified atom stereocenters. The van der Waals surface area contributed by atoms with Crippen molar-refractivity contribution in [3.05, 3.63) is 52.2 Å². The molecule has 2 aromatic rings.